The number of hydrogen-bond donors (Lipinski definition) is 2. The topological polar surface area (TPSA) is 64.3 Å². The fourth-order valence-electron chi connectivity index (χ4n) is 0.898. The van der Waals surface area contributed by atoms with Crippen LogP contribution in [0.25, 0.3) is 0 Å². The fourth-order valence-corrected chi connectivity index (χ4v) is 1.39. The molecule has 0 aliphatic rings. The number of amides is 1. The Hall–Kier alpha value is -0.260. The van der Waals surface area contributed by atoms with Crippen molar-refractivity contribution in [3.05, 3.63) is 0 Å². The van der Waals surface area contributed by atoms with Gasteiger partial charge in [-0.15, -0.1) is 0 Å². The molecule has 0 unspecified atom stereocenters. The molecule has 0 heterocycles. The van der Waals surface area contributed by atoms with Crippen molar-refractivity contribution >= 4 is 17.7 Å². The van der Waals surface area contributed by atoms with E-state index in [-0.39, 0.29) is 11.9 Å². The summed E-state index contributed by atoms with van der Waals surface area (Å²) in [4.78, 5) is 11.3. The Morgan fingerprint density at radius 3 is 2.93 bits per heavy atom. The third-order valence-corrected chi connectivity index (χ3v) is 2.36. The summed E-state index contributed by atoms with van der Waals surface area (Å²) in [5, 5.41) is 2.73. The number of carbonyl (C=O) groups is 1. The van der Waals surface area contributed by atoms with Gasteiger partial charge in [-0.05, 0) is 25.4 Å². The van der Waals surface area contributed by atoms with Gasteiger partial charge in [-0.3, -0.25) is 4.79 Å². The van der Waals surface area contributed by atoms with Gasteiger partial charge in [0.15, 0.2) is 0 Å². The first-order valence-electron chi connectivity index (χ1n) is 4.82. The standard InChI is InChI=1S/C9H20N2O2S/c1-3-13-6-5-11-9(12)8(10)4-7-14-2/h8H,3-7,10H2,1-2H3,(H,11,12)/t8-/m0/s1. The maximum Gasteiger partial charge on any atom is 0.237 e. The zero-order valence-corrected chi connectivity index (χ0v) is 9.73. The van der Waals surface area contributed by atoms with Crippen molar-refractivity contribution < 1.29 is 9.53 Å². The Labute approximate surface area is 89.9 Å². The first kappa shape index (κ1) is 13.7. The van der Waals surface area contributed by atoms with Crippen LogP contribution in [0.15, 0.2) is 0 Å². The molecule has 0 bridgehead atoms. The first-order valence-corrected chi connectivity index (χ1v) is 6.21. The molecule has 0 aromatic carbocycles. The largest absolute Gasteiger partial charge is 0.380 e. The van der Waals surface area contributed by atoms with Gasteiger partial charge in [0, 0.05) is 13.2 Å². The van der Waals surface area contributed by atoms with Gasteiger partial charge < -0.3 is 15.8 Å². The monoisotopic (exact) mass is 220 g/mol. The molecule has 0 spiro atoms. The Bertz CT molecular complexity index is 156. The highest BCUT2D eigenvalue weighted by Gasteiger charge is 2.11. The molecule has 0 radical (unpaired) electrons. The number of rotatable bonds is 8. The van der Waals surface area contributed by atoms with Gasteiger partial charge in [0.25, 0.3) is 0 Å². The number of hydrogen-bond acceptors (Lipinski definition) is 4. The normalized spacial score (nSPS) is 12.5. The second-order valence-corrected chi connectivity index (χ2v) is 3.86. The van der Waals surface area contributed by atoms with Gasteiger partial charge in [-0.1, -0.05) is 0 Å². The summed E-state index contributed by atoms with van der Waals surface area (Å²) < 4.78 is 5.09. The lowest BCUT2D eigenvalue weighted by Crippen LogP contribution is -2.42. The fraction of sp³-hybridized carbons (Fsp3) is 0.889. The molecule has 1 atom stereocenters. The second kappa shape index (κ2) is 9.30. The Morgan fingerprint density at radius 1 is 1.64 bits per heavy atom. The van der Waals surface area contributed by atoms with Crippen LogP contribution in [0.5, 0.6) is 0 Å². The smallest absolute Gasteiger partial charge is 0.237 e. The van der Waals surface area contributed by atoms with E-state index in [0.29, 0.717) is 19.8 Å². The van der Waals surface area contributed by atoms with Crippen LogP contribution >= 0.6 is 11.8 Å². The van der Waals surface area contributed by atoms with Crippen molar-refractivity contribution in [3.63, 3.8) is 0 Å². The summed E-state index contributed by atoms with van der Waals surface area (Å²) in [5.41, 5.74) is 5.65. The van der Waals surface area contributed by atoms with E-state index < -0.39 is 0 Å². The lowest BCUT2D eigenvalue weighted by molar-refractivity contribution is -0.122. The van der Waals surface area contributed by atoms with Crippen molar-refractivity contribution in [2.75, 3.05) is 31.8 Å². The highest BCUT2D eigenvalue weighted by molar-refractivity contribution is 7.98. The Morgan fingerprint density at radius 2 is 2.36 bits per heavy atom. The van der Waals surface area contributed by atoms with E-state index >= 15 is 0 Å². The summed E-state index contributed by atoms with van der Waals surface area (Å²) in [6.07, 6.45) is 2.72. The maximum absolute atomic E-state index is 11.3. The van der Waals surface area contributed by atoms with Crippen molar-refractivity contribution in [2.24, 2.45) is 5.73 Å². The Balaban J connectivity index is 3.42. The summed E-state index contributed by atoms with van der Waals surface area (Å²) in [6, 6.07) is -0.385. The quantitative estimate of drug-likeness (QED) is 0.574. The molecule has 0 aromatic heterocycles. The van der Waals surface area contributed by atoms with E-state index in [2.05, 4.69) is 5.32 Å². The van der Waals surface area contributed by atoms with E-state index in [1.807, 2.05) is 13.2 Å². The number of thioether (sulfide) groups is 1. The minimum absolute atomic E-state index is 0.0845. The zero-order chi connectivity index (χ0) is 10.8. The van der Waals surface area contributed by atoms with E-state index in [1.54, 1.807) is 11.8 Å². The molecule has 0 aliphatic heterocycles. The predicted octanol–water partition coefficient (Wildman–Crippen LogP) is 0.220. The molecule has 3 N–H and O–H groups in total. The molecular weight excluding hydrogens is 200 g/mol. The van der Waals surface area contributed by atoms with Crippen LogP contribution in [0.4, 0.5) is 0 Å². The molecule has 0 saturated carbocycles. The zero-order valence-electron chi connectivity index (χ0n) is 8.91. The molecular formula is C9H20N2O2S. The summed E-state index contributed by atoms with van der Waals surface area (Å²) in [5.74, 6) is 0.832. The second-order valence-electron chi connectivity index (χ2n) is 2.88. The van der Waals surface area contributed by atoms with Gasteiger partial charge in [0.1, 0.15) is 0 Å². The van der Waals surface area contributed by atoms with Crippen LogP contribution in [0.3, 0.4) is 0 Å². The maximum atomic E-state index is 11.3. The molecule has 0 rings (SSSR count). The number of carbonyl (C=O) groups excluding carboxylic acids is 1. The first-order chi connectivity index (χ1) is 6.72. The molecule has 14 heavy (non-hydrogen) atoms. The van der Waals surface area contributed by atoms with E-state index in [4.69, 9.17) is 10.5 Å². The number of nitrogens with two attached hydrogens (primary N) is 1. The van der Waals surface area contributed by atoms with Gasteiger partial charge >= 0.3 is 0 Å². The molecule has 84 valence electrons. The minimum atomic E-state index is -0.385. The van der Waals surface area contributed by atoms with Crippen molar-refractivity contribution in [1.29, 1.82) is 0 Å². The van der Waals surface area contributed by atoms with Gasteiger partial charge in [0.05, 0.1) is 12.6 Å². The van der Waals surface area contributed by atoms with Crippen molar-refractivity contribution in [1.82, 2.24) is 5.32 Å². The molecule has 0 aliphatic carbocycles. The predicted molar refractivity (Wildman–Crippen MR) is 60.5 cm³/mol. The van der Waals surface area contributed by atoms with Gasteiger partial charge in [0.2, 0.25) is 5.91 Å². The van der Waals surface area contributed by atoms with Crippen LogP contribution in [0.1, 0.15) is 13.3 Å². The van der Waals surface area contributed by atoms with Crippen LogP contribution in [0, 0.1) is 0 Å². The molecule has 0 fully saturated rings. The highest BCUT2D eigenvalue weighted by atomic mass is 32.2. The van der Waals surface area contributed by atoms with E-state index in [0.717, 1.165) is 12.2 Å². The summed E-state index contributed by atoms with van der Waals surface area (Å²) in [6.45, 7) is 3.69. The molecule has 5 heteroatoms. The highest BCUT2D eigenvalue weighted by Crippen LogP contribution is 1.98. The SMILES string of the molecule is CCOCCNC(=O)[C@@H](N)CCSC. The van der Waals surface area contributed by atoms with Crippen LogP contribution in [0.2, 0.25) is 0 Å². The van der Waals surface area contributed by atoms with E-state index in [1.165, 1.54) is 0 Å². The number of ether oxygens (including phenoxy) is 1. The number of nitrogens with one attached hydrogen (secondary N) is 1. The van der Waals surface area contributed by atoms with Crippen LogP contribution in [-0.4, -0.2) is 43.7 Å². The van der Waals surface area contributed by atoms with Gasteiger partial charge in [-0.25, -0.2) is 0 Å². The molecule has 0 aromatic rings. The Kier molecular flexibility index (Phi) is 9.13. The lowest BCUT2D eigenvalue weighted by Gasteiger charge is -2.11. The third-order valence-electron chi connectivity index (χ3n) is 1.72. The minimum Gasteiger partial charge on any atom is -0.380 e. The van der Waals surface area contributed by atoms with Crippen LogP contribution < -0.4 is 11.1 Å². The molecule has 0 saturated heterocycles. The van der Waals surface area contributed by atoms with Gasteiger partial charge in [-0.2, -0.15) is 11.8 Å². The van der Waals surface area contributed by atoms with Crippen LogP contribution in [-0.2, 0) is 9.53 Å². The average molecular weight is 220 g/mol. The summed E-state index contributed by atoms with van der Waals surface area (Å²) >= 11 is 1.69. The average Bonchev–Trinajstić information content (AvgIpc) is 2.20. The molecule has 4 nitrogen and oxygen atoms in total. The molecule has 1 amide bonds. The lowest BCUT2D eigenvalue weighted by atomic mass is 10.2. The van der Waals surface area contributed by atoms with Crippen molar-refractivity contribution in [2.45, 2.75) is 19.4 Å². The summed E-state index contributed by atoms with van der Waals surface area (Å²) in [7, 11) is 0. The van der Waals surface area contributed by atoms with Crippen molar-refractivity contribution in [3.8, 4) is 0 Å². The third kappa shape index (κ3) is 7.17. The van der Waals surface area contributed by atoms with E-state index in [9.17, 15) is 4.79 Å².